The molecule has 0 aromatic heterocycles. The Bertz CT molecular complexity index is 852. The summed E-state index contributed by atoms with van der Waals surface area (Å²) < 4.78 is 36.5. The minimum atomic E-state index is -4.98. The highest BCUT2D eigenvalue weighted by atomic mass is 35.5. The fourth-order valence-corrected chi connectivity index (χ4v) is 2.29. The van der Waals surface area contributed by atoms with E-state index in [1.54, 1.807) is 23.5 Å². The third-order valence-electron chi connectivity index (χ3n) is 3.41. The molecule has 5 nitrogen and oxygen atoms in total. The third kappa shape index (κ3) is 6.41. The first-order chi connectivity index (χ1) is 12.6. The lowest BCUT2D eigenvalue weighted by atomic mass is 10.1. The molecule has 27 heavy (non-hydrogen) atoms. The van der Waals surface area contributed by atoms with E-state index >= 15 is 0 Å². The van der Waals surface area contributed by atoms with Gasteiger partial charge in [-0.2, -0.15) is 13.2 Å². The number of ketones is 1. The third-order valence-corrected chi connectivity index (χ3v) is 3.64. The first-order valence-electron chi connectivity index (χ1n) is 7.72. The molecular weight excluding hydrogens is 385 g/mol. The van der Waals surface area contributed by atoms with Crippen LogP contribution in [0.5, 0.6) is 0 Å². The van der Waals surface area contributed by atoms with Gasteiger partial charge in [0.1, 0.15) is 0 Å². The van der Waals surface area contributed by atoms with Crippen molar-refractivity contribution in [3.63, 3.8) is 0 Å². The summed E-state index contributed by atoms with van der Waals surface area (Å²) in [5.74, 6) is -2.76. The van der Waals surface area contributed by atoms with Crippen LogP contribution < -0.4 is 10.6 Å². The van der Waals surface area contributed by atoms with Crippen LogP contribution in [0, 0.1) is 0 Å². The second-order valence-corrected chi connectivity index (χ2v) is 5.95. The summed E-state index contributed by atoms with van der Waals surface area (Å²) >= 11 is 5.81. The second kappa shape index (κ2) is 8.68. The predicted octanol–water partition coefficient (Wildman–Crippen LogP) is 4.44. The topological polar surface area (TPSA) is 75.3 Å². The Hall–Kier alpha value is -2.87. The van der Waals surface area contributed by atoms with Crippen molar-refractivity contribution in [1.29, 1.82) is 0 Å². The van der Waals surface area contributed by atoms with Crippen molar-refractivity contribution in [2.24, 2.45) is 0 Å². The van der Waals surface area contributed by atoms with Gasteiger partial charge in [0.05, 0.1) is 0 Å². The predicted molar refractivity (Wildman–Crippen MR) is 94.8 cm³/mol. The minimum absolute atomic E-state index is 0.0219. The lowest BCUT2D eigenvalue weighted by Gasteiger charge is -2.09. The van der Waals surface area contributed by atoms with Crippen LogP contribution in [-0.2, 0) is 9.59 Å². The first kappa shape index (κ1) is 20.4. The molecule has 0 bridgehead atoms. The molecule has 0 saturated heterocycles. The van der Waals surface area contributed by atoms with E-state index < -0.39 is 18.0 Å². The van der Waals surface area contributed by atoms with Gasteiger partial charge in [-0.3, -0.25) is 14.4 Å². The van der Waals surface area contributed by atoms with Gasteiger partial charge < -0.3 is 10.6 Å². The number of anilines is 2. The van der Waals surface area contributed by atoms with Gasteiger partial charge in [0, 0.05) is 34.8 Å². The number of hydrogen-bond donors (Lipinski definition) is 2. The van der Waals surface area contributed by atoms with E-state index in [0.717, 1.165) is 0 Å². The van der Waals surface area contributed by atoms with Crippen LogP contribution in [0.25, 0.3) is 0 Å². The number of halogens is 4. The van der Waals surface area contributed by atoms with Crippen LogP contribution in [-0.4, -0.2) is 23.8 Å². The highest BCUT2D eigenvalue weighted by Crippen LogP contribution is 2.20. The Morgan fingerprint density at radius 1 is 0.889 bits per heavy atom. The molecule has 2 rings (SSSR count). The van der Waals surface area contributed by atoms with Gasteiger partial charge in [0.25, 0.3) is 0 Å². The van der Waals surface area contributed by atoms with Gasteiger partial charge in [0.15, 0.2) is 5.78 Å². The molecule has 0 aliphatic heterocycles. The van der Waals surface area contributed by atoms with Crippen molar-refractivity contribution in [2.75, 3.05) is 10.6 Å². The second-order valence-electron chi connectivity index (χ2n) is 5.51. The molecule has 142 valence electrons. The van der Waals surface area contributed by atoms with Crippen molar-refractivity contribution < 1.29 is 27.6 Å². The van der Waals surface area contributed by atoms with Gasteiger partial charge in [0.2, 0.25) is 5.91 Å². The lowest BCUT2D eigenvalue weighted by molar-refractivity contribution is -0.167. The Morgan fingerprint density at radius 2 is 1.48 bits per heavy atom. The maximum absolute atomic E-state index is 12.2. The Morgan fingerprint density at radius 3 is 2.04 bits per heavy atom. The van der Waals surface area contributed by atoms with Gasteiger partial charge in [-0.25, -0.2) is 0 Å². The van der Waals surface area contributed by atoms with Crippen LogP contribution in [0.1, 0.15) is 23.2 Å². The minimum Gasteiger partial charge on any atom is -0.326 e. The van der Waals surface area contributed by atoms with Crippen molar-refractivity contribution in [3.8, 4) is 0 Å². The smallest absolute Gasteiger partial charge is 0.326 e. The van der Waals surface area contributed by atoms with Gasteiger partial charge in [-0.05, 0) is 36.4 Å². The summed E-state index contributed by atoms with van der Waals surface area (Å²) in [6.45, 7) is 0. The number of rotatable bonds is 6. The summed E-state index contributed by atoms with van der Waals surface area (Å²) in [5, 5.41) is 4.63. The van der Waals surface area contributed by atoms with E-state index in [2.05, 4.69) is 5.32 Å². The summed E-state index contributed by atoms with van der Waals surface area (Å²) in [5.41, 5.74) is 0.659. The highest BCUT2D eigenvalue weighted by molar-refractivity contribution is 6.31. The number of benzene rings is 2. The van der Waals surface area contributed by atoms with Crippen LogP contribution in [0.2, 0.25) is 5.02 Å². The zero-order valence-corrected chi connectivity index (χ0v) is 14.5. The zero-order chi connectivity index (χ0) is 20.0. The average Bonchev–Trinajstić information content (AvgIpc) is 2.60. The van der Waals surface area contributed by atoms with Crippen LogP contribution >= 0.6 is 11.6 Å². The van der Waals surface area contributed by atoms with Crippen molar-refractivity contribution >= 4 is 40.6 Å². The molecule has 2 amide bonds. The van der Waals surface area contributed by atoms with Crippen molar-refractivity contribution in [1.82, 2.24) is 0 Å². The summed E-state index contributed by atoms with van der Waals surface area (Å²) in [4.78, 5) is 34.8. The average molecular weight is 399 g/mol. The van der Waals surface area contributed by atoms with Crippen LogP contribution in [0.3, 0.4) is 0 Å². The monoisotopic (exact) mass is 398 g/mol. The molecule has 2 N–H and O–H groups in total. The Labute approximate surface area is 157 Å². The molecule has 0 aliphatic rings. The maximum Gasteiger partial charge on any atom is 0.471 e. The van der Waals surface area contributed by atoms with E-state index in [4.69, 9.17) is 11.6 Å². The molecule has 0 spiro atoms. The fourth-order valence-electron chi connectivity index (χ4n) is 2.10. The number of hydrogen-bond acceptors (Lipinski definition) is 3. The summed E-state index contributed by atoms with van der Waals surface area (Å²) in [7, 11) is 0. The molecule has 0 heterocycles. The van der Waals surface area contributed by atoms with E-state index in [0.29, 0.717) is 16.3 Å². The Kier molecular flexibility index (Phi) is 6.57. The normalized spacial score (nSPS) is 11.0. The van der Waals surface area contributed by atoms with E-state index in [-0.39, 0.29) is 24.3 Å². The molecule has 0 radical (unpaired) electrons. The number of Topliss-reactive ketones (excluding diaryl/α,β-unsaturated/α-hetero) is 1. The molecule has 0 unspecified atom stereocenters. The fraction of sp³-hybridized carbons (Fsp3) is 0.167. The van der Waals surface area contributed by atoms with Gasteiger partial charge in [-0.1, -0.05) is 23.7 Å². The molecule has 0 aliphatic carbocycles. The van der Waals surface area contributed by atoms with Crippen molar-refractivity contribution in [3.05, 3.63) is 59.1 Å². The zero-order valence-electron chi connectivity index (χ0n) is 13.8. The van der Waals surface area contributed by atoms with Gasteiger partial charge in [-0.15, -0.1) is 0 Å². The highest BCUT2D eigenvalue weighted by Gasteiger charge is 2.38. The molecule has 2 aromatic rings. The maximum atomic E-state index is 12.2. The molecule has 0 atom stereocenters. The summed E-state index contributed by atoms with van der Waals surface area (Å²) in [6, 6.07) is 11.5. The standard InChI is InChI=1S/C18H14ClF3N2O3/c19-12-3-1-2-11(10-12)15(25)8-9-16(26)23-13-4-6-14(7-5-13)24-17(27)18(20,21)22/h1-7,10H,8-9H2,(H,23,26)(H,24,27). The molecular formula is C18H14ClF3N2O3. The summed E-state index contributed by atoms with van der Waals surface area (Å²) in [6.07, 6.45) is -5.08. The Balaban J connectivity index is 1.85. The van der Waals surface area contributed by atoms with Crippen LogP contribution in [0.4, 0.5) is 24.5 Å². The number of nitrogens with one attached hydrogen (secondary N) is 2. The van der Waals surface area contributed by atoms with E-state index in [1.165, 1.54) is 30.3 Å². The molecule has 0 fully saturated rings. The first-order valence-corrected chi connectivity index (χ1v) is 8.10. The van der Waals surface area contributed by atoms with Crippen molar-refractivity contribution in [2.45, 2.75) is 19.0 Å². The van der Waals surface area contributed by atoms with E-state index in [9.17, 15) is 27.6 Å². The quantitative estimate of drug-likeness (QED) is 0.706. The molecule has 0 saturated carbocycles. The number of carbonyl (C=O) groups excluding carboxylic acids is 3. The molecule has 2 aromatic carbocycles. The van der Waals surface area contributed by atoms with Gasteiger partial charge >= 0.3 is 12.1 Å². The number of carbonyl (C=O) groups is 3. The largest absolute Gasteiger partial charge is 0.471 e. The molecule has 9 heteroatoms. The number of alkyl halides is 3. The van der Waals surface area contributed by atoms with Crippen LogP contribution in [0.15, 0.2) is 48.5 Å². The number of amides is 2. The van der Waals surface area contributed by atoms with E-state index in [1.807, 2.05) is 0 Å². The SMILES string of the molecule is O=C(CCC(=O)c1cccc(Cl)c1)Nc1ccc(NC(=O)C(F)(F)F)cc1. The lowest BCUT2D eigenvalue weighted by Crippen LogP contribution is -2.29.